The molecule has 18 heavy (non-hydrogen) atoms. The molecule has 1 heterocycles. The lowest BCUT2D eigenvalue weighted by atomic mass is 9.95. The van der Waals surface area contributed by atoms with E-state index in [0.717, 1.165) is 30.9 Å². The molecule has 1 N–H and O–H groups in total. The Bertz CT molecular complexity index is 403. The summed E-state index contributed by atoms with van der Waals surface area (Å²) in [5.74, 6) is 1.76. The Balaban J connectivity index is 2.40. The van der Waals surface area contributed by atoms with Gasteiger partial charge in [0.25, 0.3) is 0 Å². The van der Waals surface area contributed by atoms with Crippen LogP contribution in [0.3, 0.4) is 0 Å². The van der Waals surface area contributed by atoms with Crippen LogP contribution < -0.4 is 19.7 Å². The van der Waals surface area contributed by atoms with E-state index in [1.54, 1.807) is 14.2 Å². The molecule has 1 unspecified atom stereocenters. The average Bonchev–Trinajstić information content (AvgIpc) is 2.40. The second kappa shape index (κ2) is 5.48. The van der Waals surface area contributed by atoms with Crippen LogP contribution in [0.5, 0.6) is 11.5 Å². The van der Waals surface area contributed by atoms with E-state index in [-0.39, 0.29) is 0 Å². The number of nitrogens with zero attached hydrogens (tertiary/aromatic N) is 1. The summed E-state index contributed by atoms with van der Waals surface area (Å²) >= 11 is 0. The van der Waals surface area contributed by atoms with Gasteiger partial charge in [-0.25, -0.2) is 0 Å². The van der Waals surface area contributed by atoms with Gasteiger partial charge in [0.15, 0.2) is 0 Å². The summed E-state index contributed by atoms with van der Waals surface area (Å²) in [5.41, 5.74) is 2.51. The molecule has 0 spiro atoms. The van der Waals surface area contributed by atoms with Crippen molar-refractivity contribution in [2.75, 3.05) is 39.8 Å². The first kappa shape index (κ1) is 13.0. The fourth-order valence-electron chi connectivity index (χ4n) is 2.67. The van der Waals surface area contributed by atoms with Crippen molar-refractivity contribution in [2.24, 2.45) is 0 Å². The Hall–Kier alpha value is -1.42. The number of benzene rings is 1. The summed E-state index contributed by atoms with van der Waals surface area (Å²) in [6.45, 7) is 0.991. The molecule has 1 aliphatic heterocycles. The second-order valence-corrected chi connectivity index (χ2v) is 4.70. The summed E-state index contributed by atoms with van der Waals surface area (Å²) in [6.07, 6.45) is 2.22. The maximum absolute atomic E-state index is 5.51. The summed E-state index contributed by atoms with van der Waals surface area (Å²) in [5, 5.41) is 3.25. The predicted molar refractivity (Wildman–Crippen MR) is 74.0 cm³/mol. The predicted octanol–water partition coefficient (Wildman–Crippen LogP) is 1.67. The number of anilines is 1. The van der Waals surface area contributed by atoms with E-state index >= 15 is 0 Å². The van der Waals surface area contributed by atoms with Gasteiger partial charge in [0.05, 0.1) is 19.9 Å². The van der Waals surface area contributed by atoms with Crippen LogP contribution in [0.25, 0.3) is 0 Å². The maximum Gasteiger partial charge on any atom is 0.146 e. The zero-order chi connectivity index (χ0) is 13.1. The van der Waals surface area contributed by atoms with E-state index in [1.807, 2.05) is 13.1 Å². The number of fused-ring (bicyclic) bond motifs is 1. The number of likely N-dealkylation sites (N-methyl/N-ethyl adjacent to an activating group) is 2. The molecule has 2 rings (SSSR count). The third-order valence-corrected chi connectivity index (χ3v) is 3.67. The van der Waals surface area contributed by atoms with Crippen molar-refractivity contribution in [2.45, 2.75) is 18.9 Å². The van der Waals surface area contributed by atoms with Crippen molar-refractivity contribution in [3.05, 3.63) is 17.7 Å². The van der Waals surface area contributed by atoms with Gasteiger partial charge < -0.3 is 19.7 Å². The van der Waals surface area contributed by atoms with Gasteiger partial charge >= 0.3 is 0 Å². The van der Waals surface area contributed by atoms with Crippen LogP contribution in [-0.4, -0.2) is 40.9 Å². The molecule has 0 fully saturated rings. The highest BCUT2D eigenvalue weighted by Crippen LogP contribution is 2.40. The minimum Gasteiger partial charge on any atom is -0.497 e. The van der Waals surface area contributed by atoms with Crippen LogP contribution in [-0.2, 0) is 6.42 Å². The summed E-state index contributed by atoms with van der Waals surface area (Å²) < 4.78 is 10.8. The Kier molecular flexibility index (Phi) is 3.97. The van der Waals surface area contributed by atoms with Crippen molar-refractivity contribution >= 4 is 5.69 Å². The zero-order valence-corrected chi connectivity index (χ0v) is 11.6. The van der Waals surface area contributed by atoms with Crippen molar-refractivity contribution in [3.8, 4) is 11.5 Å². The Morgan fingerprint density at radius 1 is 1.33 bits per heavy atom. The lowest BCUT2D eigenvalue weighted by Crippen LogP contribution is -2.42. The first-order chi connectivity index (χ1) is 8.71. The van der Waals surface area contributed by atoms with Crippen LogP contribution in [0.2, 0.25) is 0 Å². The highest BCUT2D eigenvalue weighted by atomic mass is 16.5. The van der Waals surface area contributed by atoms with E-state index in [9.17, 15) is 0 Å². The minimum absolute atomic E-state index is 0.518. The van der Waals surface area contributed by atoms with Gasteiger partial charge in [-0.1, -0.05) is 0 Å². The average molecular weight is 250 g/mol. The molecular weight excluding hydrogens is 228 g/mol. The molecule has 1 aromatic carbocycles. The van der Waals surface area contributed by atoms with Gasteiger partial charge in [0.2, 0.25) is 0 Å². The minimum atomic E-state index is 0.518. The lowest BCUT2D eigenvalue weighted by molar-refractivity contribution is 0.389. The third-order valence-electron chi connectivity index (χ3n) is 3.67. The molecule has 0 saturated carbocycles. The van der Waals surface area contributed by atoms with Crippen molar-refractivity contribution in [3.63, 3.8) is 0 Å². The van der Waals surface area contributed by atoms with E-state index in [1.165, 1.54) is 11.3 Å². The summed E-state index contributed by atoms with van der Waals surface area (Å²) in [6, 6.07) is 4.59. The fraction of sp³-hybridized carbons (Fsp3) is 0.571. The number of aryl methyl sites for hydroxylation is 1. The van der Waals surface area contributed by atoms with Gasteiger partial charge in [-0.2, -0.15) is 0 Å². The first-order valence-corrected chi connectivity index (χ1v) is 6.33. The largest absolute Gasteiger partial charge is 0.497 e. The quantitative estimate of drug-likeness (QED) is 0.881. The molecule has 0 aromatic heterocycles. The molecule has 1 aromatic rings. The van der Waals surface area contributed by atoms with Gasteiger partial charge in [-0.15, -0.1) is 0 Å². The van der Waals surface area contributed by atoms with E-state index < -0.39 is 0 Å². The molecule has 100 valence electrons. The molecule has 1 atom stereocenters. The fourth-order valence-corrected chi connectivity index (χ4v) is 2.67. The highest BCUT2D eigenvalue weighted by Gasteiger charge is 2.26. The summed E-state index contributed by atoms with van der Waals surface area (Å²) in [7, 11) is 7.53. The number of hydrogen-bond donors (Lipinski definition) is 1. The SMILES string of the molecule is CNCC1CCc2cc(OC)cc(OC)c2N1C. The summed E-state index contributed by atoms with van der Waals surface area (Å²) in [4.78, 5) is 2.31. The monoisotopic (exact) mass is 250 g/mol. The van der Waals surface area contributed by atoms with Crippen LogP contribution >= 0.6 is 0 Å². The maximum atomic E-state index is 5.51. The van der Waals surface area contributed by atoms with E-state index in [2.05, 4.69) is 23.3 Å². The standard InChI is InChI=1S/C14H22N2O2/c1-15-9-11-6-5-10-7-12(17-3)8-13(18-4)14(10)16(11)2/h7-8,11,15H,5-6,9H2,1-4H3. The van der Waals surface area contributed by atoms with Crippen LogP contribution in [0.1, 0.15) is 12.0 Å². The van der Waals surface area contributed by atoms with Crippen LogP contribution in [0, 0.1) is 0 Å². The number of hydrogen-bond acceptors (Lipinski definition) is 4. The van der Waals surface area contributed by atoms with Gasteiger partial charge in [-0.05, 0) is 31.5 Å². The van der Waals surface area contributed by atoms with Crippen molar-refractivity contribution in [1.29, 1.82) is 0 Å². The third kappa shape index (κ3) is 2.25. The molecule has 1 aliphatic rings. The van der Waals surface area contributed by atoms with Gasteiger partial charge in [0, 0.05) is 25.7 Å². The van der Waals surface area contributed by atoms with Crippen LogP contribution in [0.4, 0.5) is 5.69 Å². The molecule has 0 radical (unpaired) electrons. The van der Waals surface area contributed by atoms with Crippen LogP contribution in [0.15, 0.2) is 12.1 Å². The smallest absolute Gasteiger partial charge is 0.146 e. The molecule has 0 saturated heterocycles. The molecule has 0 bridgehead atoms. The normalized spacial score (nSPS) is 18.4. The Morgan fingerprint density at radius 2 is 2.11 bits per heavy atom. The molecule has 4 heteroatoms. The van der Waals surface area contributed by atoms with Gasteiger partial charge in [-0.3, -0.25) is 0 Å². The number of methoxy groups -OCH3 is 2. The number of ether oxygens (including phenoxy) is 2. The zero-order valence-electron chi connectivity index (χ0n) is 11.6. The molecular formula is C14H22N2O2. The van der Waals surface area contributed by atoms with E-state index in [4.69, 9.17) is 9.47 Å². The van der Waals surface area contributed by atoms with Crippen molar-refractivity contribution < 1.29 is 9.47 Å². The first-order valence-electron chi connectivity index (χ1n) is 6.33. The molecule has 0 amide bonds. The number of rotatable bonds is 4. The lowest BCUT2D eigenvalue weighted by Gasteiger charge is -2.37. The Morgan fingerprint density at radius 3 is 2.72 bits per heavy atom. The Labute approximate surface area is 109 Å². The second-order valence-electron chi connectivity index (χ2n) is 4.70. The van der Waals surface area contributed by atoms with E-state index in [0.29, 0.717) is 6.04 Å². The van der Waals surface area contributed by atoms with Crippen molar-refractivity contribution in [1.82, 2.24) is 5.32 Å². The topological polar surface area (TPSA) is 33.7 Å². The highest BCUT2D eigenvalue weighted by molar-refractivity contribution is 5.68. The number of nitrogens with one attached hydrogen (secondary N) is 1. The molecule has 4 nitrogen and oxygen atoms in total. The molecule has 0 aliphatic carbocycles. The van der Waals surface area contributed by atoms with Gasteiger partial charge in [0.1, 0.15) is 11.5 Å².